The van der Waals surface area contributed by atoms with E-state index in [1.807, 2.05) is 67.6 Å². The van der Waals surface area contributed by atoms with Gasteiger partial charge in [-0.2, -0.15) is 0 Å². The zero-order valence-corrected chi connectivity index (χ0v) is 16.5. The van der Waals surface area contributed by atoms with Crippen molar-refractivity contribution in [3.8, 4) is 0 Å². The number of rotatable bonds is 8. The molecule has 0 aromatic heterocycles. The number of ether oxygens (including phenoxy) is 1. The molecule has 0 fully saturated rings. The smallest absolute Gasteiger partial charge is 0.338 e. The van der Waals surface area contributed by atoms with Crippen molar-refractivity contribution in [1.29, 1.82) is 0 Å². The van der Waals surface area contributed by atoms with Crippen LogP contribution in [-0.4, -0.2) is 18.5 Å². The second-order valence-corrected chi connectivity index (χ2v) is 6.81. The molecule has 4 heteroatoms. The third-order valence-electron chi connectivity index (χ3n) is 4.65. The van der Waals surface area contributed by atoms with E-state index in [0.29, 0.717) is 17.9 Å². The summed E-state index contributed by atoms with van der Waals surface area (Å²) in [6.07, 6.45) is 1.82. The van der Waals surface area contributed by atoms with E-state index in [9.17, 15) is 9.59 Å². The van der Waals surface area contributed by atoms with Crippen molar-refractivity contribution in [3.05, 3.63) is 102 Å². The van der Waals surface area contributed by atoms with Crippen LogP contribution < -0.4 is 5.32 Å². The summed E-state index contributed by atoms with van der Waals surface area (Å²) in [5, 5.41) is 2.97. The third kappa shape index (κ3) is 5.55. The summed E-state index contributed by atoms with van der Waals surface area (Å²) in [5.74, 6) is -0.889. The number of esters is 1. The van der Waals surface area contributed by atoms with Gasteiger partial charge in [-0.3, -0.25) is 4.79 Å². The second-order valence-electron chi connectivity index (χ2n) is 6.81. The van der Waals surface area contributed by atoms with Crippen LogP contribution in [0.3, 0.4) is 0 Å². The van der Waals surface area contributed by atoms with Crippen molar-refractivity contribution < 1.29 is 14.3 Å². The normalized spacial score (nSPS) is 10.6. The highest BCUT2D eigenvalue weighted by Gasteiger charge is 2.22. The molecule has 0 aliphatic heterocycles. The first-order valence-corrected chi connectivity index (χ1v) is 9.87. The number of benzene rings is 3. The molecular formula is C25H25NO3. The van der Waals surface area contributed by atoms with Crippen molar-refractivity contribution in [2.24, 2.45) is 0 Å². The van der Waals surface area contributed by atoms with Crippen LogP contribution in [0.5, 0.6) is 0 Å². The van der Waals surface area contributed by atoms with Gasteiger partial charge in [-0.25, -0.2) is 4.79 Å². The Balaban J connectivity index is 1.74. The molecule has 0 aliphatic carbocycles. The summed E-state index contributed by atoms with van der Waals surface area (Å²) >= 11 is 0. The summed E-state index contributed by atoms with van der Waals surface area (Å²) in [5.41, 5.74) is 2.96. The molecule has 0 saturated carbocycles. The molecule has 0 radical (unpaired) electrons. The van der Waals surface area contributed by atoms with Gasteiger partial charge in [0, 0.05) is 5.69 Å². The highest BCUT2D eigenvalue weighted by molar-refractivity contribution is 5.98. The topological polar surface area (TPSA) is 55.4 Å². The van der Waals surface area contributed by atoms with Crippen LogP contribution in [-0.2, 0) is 9.53 Å². The molecule has 0 unspecified atom stereocenters. The number of unbranched alkanes of at least 4 members (excludes halogenated alkanes) is 1. The van der Waals surface area contributed by atoms with Crippen LogP contribution in [0.1, 0.15) is 47.2 Å². The maximum atomic E-state index is 13.1. The van der Waals surface area contributed by atoms with Gasteiger partial charge >= 0.3 is 5.97 Å². The van der Waals surface area contributed by atoms with Gasteiger partial charge in [0.25, 0.3) is 0 Å². The first kappa shape index (κ1) is 20.3. The minimum atomic E-state index is -0.420. The lowest BCUT2D eigenvalue weighted by Crippen LogP contribution is -2.22. The molecule has 0 heterocycles. The zero-order chi connectivity index (χ0) is 20.5. The molecular weight excluding hydrogens is 362 g/mol. The molecule has 0 spiro atoms. The molecule has 3 aromatic rings. The van der Waals surface area contributed by atoms with Gasteiger partial charge in [0.2, 0.25) is 5.91 Å². The molecule has 1 amide bonds. The van der Waals surface area contributed by atoms with Crippen LogP contribution in [0.4, 0.5) is 5.69 Å². The maximum Gasteiger partial charge on any atom is 0.338 e. The van der Waals surface area contributed by atoms with E-state index in [1.165, 1.54) is 0 Å². The molecule has 4 nitrogen and oxygen atoms in total. The Morgan fingerprint density at radius 2 is 1.38 bits per heavy atom. The fourth-order valence-electron chi connectivity index (χ4n) is 3.08. The molecule has 0 bridgehead atoms. The molecule has 3 rings (SSSR count). The number of nitrogens with one attached hydrogen (secondary N) is 1. The van der Waals surface area contributed by atoms with Gasteiger partial charge in [-0.1, -0.05) is 74.0 Å². The Kier molecular flexibility index (Phi) is 7.17. The molecule has 0 aliphatic rings. The van der Waals surface area contributed by atoms with Crippen LogP contribution in [0.15, 0.2) is 84.9 Å². The van der Waals surface area contributed by atoms with Gasteiger partial charge < -0.3 is 10.1 Å². The van der Waals surface area contributed by atoms with E-state index >= 15 is 0 Å². The minimum absolute atomic E-state index is 0.124. The number of hydrogen-bond acceptors (Lipinski definition) is 3. The molecule has 3 aromatic carbocycles. The molecule has 1 N–H and O–H groups in total. The number of carbonyl (C=O) groups is 2. The zero-order valence-electron chi connectivity index (χ0n) is 16.5. The molecule has 0 saturated heterocycles. The van der Waals surface area contributed by atoms with Crippen LogP contribution in [0, 0.1) is 0 Å². The van der Waals surface area contributed by atoms with Crippen molar-refractivity contribution in [2.75, 3.05) is 11.9 Å². The minimum Gasteiger partial charge on any atom is -0.462 e. The monoisotopic (exact) mass is 387 g/mol. The van der Waals surface area contributed by atoms with E-state index in [2.05, 4.69) is 5.32 Å². The average molecular weight is 387 g/mol. The van der Waals surface area contributed by atoms with Crippen molar-refractivity contribution in [3.63, 3.8) is 0 Å². The summed E-state index contributed by atoms with van der Waals surface area (Å²) in [4.78, 5) is 25.1. The third-order valence-corrected chi connectivity index (χ3v) is 4.65. The van der Waals surface area contributed by atoms with E-state index < -0.39 is 5.92 Å². The highest BCUT2D eigenvalue weighted by Crippen LogP contribution is 2.26. The first-order valence-electron chi connectivity index (χ1n) is 9.87. The molecule has 0 atom stereocenters. The van der Waals surface area contributed by atoms with Crippen LogP contribution in [0.2, 0.25) is 0 Å². The fourth-order valence-corrected chi connectivity index (χ4v) is 3.08. The number of hydrogen-bond donors (Lipinski definition) is 1. The fraction of sp³-hybridized carbons (Fsp3) is 0.200. The lowest BCUT2D eigenvalue weighted by molar-refractivity contribution is -0.116. The van der Waals surface area contributed by atoms with E-state index in [1.54, 1.807) is 24.3 Å². The first-order chi connectivity index (χ1) is 14.2. The summed E-state index contributed by atoms with van der Waals surface area (Å²) < 4.78 is 5.22. The predicted octanol–water partition coefficient (Wildman–Crippen LogP) is 5.41. The van der Waals surface area contributed by atoms with E-state index in [4.69, 9.17) is 4.74 Å². The molecule has 148 valence electrons. The van der Waals surface area contributed by atoms with Crippen LogP contribution >= 0.6 is 0 Å². The van der Waals surface area contributed by atoms with Crippen molar-refractivity contribution in [1.82, 2.24) is 0 Å². The van der Waals surface area contributed by atoms with E-state index in [0.717, 1.165) is 24.0 Å². The Labute approximate surface area is 171 Å². The summed E-state index contributed by atoms with van der Waals surface area (Å²) in [7, 11) is 0. The average Bonchev–Trinajstić information content (AvgIpc) is 2.76. The Bertz CT molecular complexity index is 882. The quantitative estimate of drug-likeness (QED) is 0.415. The predicted molar refractivity (Wildman–Crippen MR) is 115 cm³/mol. The highest BCUT2D eigenvalue weighted by atomic mass is 16.5. The van der Waals surface area contributed by atoms with E-state index in [-0.39, 0.29) is 11.9 Å². The Morgan fingerprint density at radius 1 is 0.828 bits per heavy atom. The number of carbonyl (C=O) groups excluding carboxylic acids is 2. The SMILES string of the molecule is CCCCOC(=O)c1ccc(NC(=O)C(c2ccccc2)c2ccccc2)cc1. The Hall–Kier alpha value is -3.40. The maximum absolute atomic E-state index is 13.1. The molecule has 29 heavy (non-hydrogen) atoms. The summed E-state index contributed by atoms with van der Waals surface area (Å²) in [6.45, 7) is 2.47. The Morgan fingerprint density at radius 3 is 1.90 bits per heavy atom. The van der Waals surface area contributed by atoms with Crippen molar-refractivity contribution >= 4 is 17.6 Å². The van der Waals surface area contributed by atoms with Gasteiger partial charge in [0.05, 0.1) is 18.1 Å². The van der Waals surface area contributed by atoms with Gasteiger partial charge in [-0.15, -0.1) is 0 Å². The van der Waals surface area contributed by atoms with Gasteiger partial charge in [0.1, 0.15) is 0 Å². The van der Waals surface area contributed by atoms with Crippen LogP contribution in [0.25, 0.3) is 0 Å². The lowest BCUT2D eigenvalue weighted by atomic mass is 9.90. The summed E-state index contributed by atoms with van der Waals surface area (Å²) in [6, 6.07) is 26.2. The lowest BCUT2D eigenvalue weighted by Gasteiger charge is -2.18. The second kappa shape index (κ2) is 10.2. The van der Waals surface area contributed by atoms with Crippen molar-refractivity contribution in [2.45, 2.75) is 25.7 Å². The number of anilines is 1. The largest absolute Gasteiger partial charge is 0.462 e. The standard InChI is InChI=1S/C25H25NO3/c1-2-3-18-29-25(28)21-14-16-22(17-15-21)26-24(27)23(19-10-6-4-7-11-19)20-12-8-5-9-13-20/h4-17,23H,2-3,18H2,1H3,(H,26,27). The van der Waals surface area contributed by atoms with Gasteiger partial charge in [0.15, 0.2) is 0 Å². The number of amides is 1. The van der Waals surface area contributed by atoms with Gasteiger partial charge in [-0.05, 0) is 41.8 Å².